The standard InChI is InChI=1S/C16H23BrO6S2/c1-4-22-14(18)16(15(19)23-5-2,7-8-21-10-9-20-3)25-13-12(17)6-11-24-13/h6,11H,4-5,7-10H2,1-3H3. The van der Waals surface area contributed by atoms with Gasteiger partial charge in [0.25, 0.3) is 0 Å². The zero-order valence-electron chi connectivity index (χ0n) is 14.5. The third-order valence-corrected chi connectivity index (χ3v) is 6.81. The topological polar surface area (TPSA) is 71.1 Å². The first-order valence-electron chi connectivity index (χ1n) is 7.84. The van der Waals surface area contributed by atoms with Gasteiger partial charge in [-0.25, -0.2) is 9.59 Å². The Morgan fingerprint density at radius 1 is 1.16 bits per heavy atom. The van der Waals surface area contributed by atoms with Gasteiger partial charge in [0.05, 0.1) is 30.6 Å². The Kier molecular flexibility index (Phi) is 10.7. The van der Waals surface area contributed by atoms with Crippen LogP contribution in [-0.4, -0.2) is 56.8 Å². The fourth-order valence-electron chi connectivity index (χ4n) is 1.89. The number of esters is 2. The molecule has 0 atom stereocenters. The molecule has 0 saturated heterocycles. The number of thiophene rings is 1. The van der Waals surface area contributed by atoms with Gasteiger partial charge in [-0.05, 0) is 41.2 Å². The summed E-state index contributed by atoms with van der Waals surface area (Å²) in [6.45, 7) is 4.79. The number of rotatable bonds is 12. The number of hydrogen-bond acceptors (Lipinski definition) is 8. The summed E-state index contributed by atoms with van der Waals surface area (Å²) in [4.78, 5) is 25.4. The second-order valence-corrected chi connectivity index (χ2v) is 8.12. The first-order chi connectivity index (χ1) is 12.0. The van der Waals surface area contributed by atoms with Crippen LogP contribution in [0.2, 0.25) is 0 Å². The molecule has 0 saturated carbocycles. The van der Waals surface area contributed by atoms with Crippen molar-refractivity contribution in [2.75, 3.05) is 40.1 Å². The van der Waals surface area contributed by atoms with Gasteiger partial charge in [-0.2, -0.15) is 0 Å². The van der Waals surface area contributed by atoms with Crippen LogP contribution in [-0.2, 0) is 28.5 Å². The van der Waals surface area contributed by atoms with Crippen LogP contribution in [0.5, 0.6) is 0 Å². The van der Waals surface area contributed by atoms with Crippen LogP contribution < -0.4 is 0 Å². The molecule has 25 heavy (non-hydrogen) atoms. The minimum absolute atomic E-state index is 0.142. The Hall–Kier alpha value is -0.610. The molecule has 1 aromatic heterocycles. The first kappa shape index (κ1) is 22.4. The van der Waals surface area contributed by atoms with E-state index in [0.717, 1.165) is 20.4 Å². The summed E-state index contributed by atoms with van der Waals surface area (Å²) < 4.78 is 20.9. The van der Waals surface area contributed by atoms with Gasteiger partial charge in [-0.1, -0.05) is 11.8 Å². The molecule has 1 heterocycles. The molecule has 0 aliphatic heterocycles. The number of thioether (sulfide) groups is 1. The van der Waals surface area contributed by atoms with E-state index in [4.69, 9.17) is 18.9 Å². The molecule has 0 unspecified atom stereocenters. The van der Waals surface area contributed by atoms with E-state index in [9.17, 15) is 9.59 Å². The van der Waals surface area contributed by atoms with Crippen molar-refractivity contribution in [3.8, 4) is 0 Å². The SMILES string of the molecule is CCOC(=O)C(CCOCCOC)(Sc1sccc1Br)C(=O)OCC. The highest BCUT2D eigenvalue weighted by atomic mass is 79.9. The maximum Gasteiger partial charge on any atom is 0.334 e. The Morgan fingerprint density at radius 3 is 2.28 bits per heavy atom. The average molecular weight is 455 g/mol. The molecule has 1 rings (SSSR count). The Bertz CT molecular complexity index is 530. The minimum Gasteiger partial charge on any atom is -0.464 e. The molecule has 0 radical (unpaired) electrons. The van der Waals surface area contributed by atoms with E-state index in [-0.39, 0.29) is 26.2 Å². The molecule has 0 fully saturated rings. The molecule has 0 aliphatic carbocycles. The lowest BCUT2D eigenvalue weighted by molar-refractivity contribution is -0.159. The maximum absolute atomic E-state index is 12.7. The third kappa shape index (κ3) is 6.56. The summed E-state index contributed by atoms with van der Waals surface area (Å²) in [5.41, 5.74) is 0. The lowest BCUT2D eigenvalue weighted by Crippen LogP contribution is -2.47. The van der Waals surface area contributed by atoms with Gasteiger partial charge in [-0.3, -0.25) is 0 Å². The summed E-state index contributed by atoms with van der Waals surface area (Å²) in [6, 6.07) is 1.86. The number of halogens is 1. The number of hydrogen-bond donors (Lipinski definition) is 0. The zero-order valence-corrected chi connectivity index (χ0v) is 17.8. The number of methoxy groups -OCH3 is 1. The quantitative estimate of drug-likeness (QED) is 0.207. The van der Waals surface area contributed by atoms with Crippen LogP contribution in [0.3, 0.4) is 0 Å². The van der Waals surface area contributed by atoms with Gasteiger partial charge in [-0.15, -0.1) is 11.3 Å². The molecule has 142 valence electrons. The van der Waals surface area contributed by atoms with Crippen molar-refractivity contribution in [3.05, 3.63) is 15.9 Å². The molecular formula is C16H23BrO6S2. The van der Waals surface area contributed by atoms with Crippen molar-refractivity contribution in [2.24, 2.45) is 0 Å². The number of carbonyl (C=O) groups excluding carboxylic acids is 2. The van der Waals surface area contributed by atoms with E-state index in [1.165, 1.54) is 11.3 Å². The zero-order chi connectivity index (χ0) is 18.7. The number of carbonyl (C=O) groups is 2. The molecular weight excluding hydrogens is 432 g/mol. The fourth-order valence-corrected chi connectivity index (χ4v) is 4.96. The van der Waals surface area contributed by atoms with Gasteiger partial charge in [0.2, 0.25) is 4.75 Å². The van der Waals surface area contributed by atoms with Crippen molar-refractivity contribution in [2.45, 2.75) is 29.2 Å². The van der Waals surface area contributed by atoms with Crippen molar-refractivity contribution in [1.82, 2.24) is 0 Å². The maximum atomic E-state index is 12.7. The van der Waals surface area contributed by atoms with Crippen molar-refractivity contribution < 1.29 is 28.5 Å². The molecule has 0 spiro atoms. The first-order valence-corrected chi connectivity index (χ1v) is 10.3. The van der Waals surface area contributed by atoms with Gasteiger partial charge in [0.1, 0.15) is 0 Å². The van der Waals surface area contributed by atoms with Gasteiger partial charge in [0, 0.05) is 24.6 Å². The molecule has 9 heteroatoms. The summed E-state index contributed by atoms with van der Waals surface area (Å²) in [5.74, 6) is -1.23. The van der Waals surface area contributed by atoms with Gasteiger partial charge < -0.3 is 18.9 Å². The van der Waals surface area contributed by atoms with Crippen LogP contribution in [0.25, 0.3) is 0 Å². The molecule has 6 nitrogen and oxygen atoms in total. The minimum atomic E-state index is -1.51. The summed E-state index contributed by atoms with van der Waals surface area (Å²) in [6.07, 6.45) is 0.142. The van der Waals surface area contributed by atoms with E-state index >= 15 is 0 Å². The third-order valence-electron chi connectivity index (χ3n) is 3.09. The highest BCUT2D eigenvalue weighted by molar-refractivity contribution is 9.10. The molecule has 0 aromatic carbocycles. The van der Waals surface area contributed by atoms with Crippen LogP contribution in [0, 0.1) is 0 Å². The summed E-state index contributed by atoms with van der Waals surface area (Å²) in [7, 11) is 1.58. The number of ether oxygens (including phenoxy) is 4. The second-order valence-electron chi connectivity index (χ2n) is 4.78. The molecule has 0 amide bonds. The normalized spacial score (nSPS) is 11.4. The largest absolute Gasteiger partial charge is 0.464 e. The predicted octanol–water partition coefficient (Wildman–Crippen LogP) is 3.52. The van der Waals surface area contributed by atoms with Crippen LogP contribution in [0.4, 0.5) is 0 Å². The highest BCUT2D eigenvalue weighted by Crippen LogP contribution is 2.44. The van der Waals surface area contributed by atoms with Crippen molar-refractivity contribution in [3.63, 3.8) is 0 Å². The van der Waals surface area contributed by atoms with Crippen LogP contribution in [0.15, 0.2) is 20.1 Å². The second kappa shape index (κ2) is 11.9. The van der Waals surface area contributed by atoms with Gasteiger partial charge in [0.15, 0.2) is 0 Å². The fraction of sp³-hybridized carbons (Fsp3) is 0.625. The molecule has 0 bridgehead atoms. The van der Waals surface area contributed by atoms with Crippen LogP contribution in [0.1, 0.15) is 20.3 Å². The van der Waals surface area contributed by atoms with E-state index < -0.39 is 16.7 Å². The predicted molar refractivity (Wildman–Crippen MR) is 101 cm³/mol. The van der Waals surface area contributed by atoms with Crippen LogP contribution >= 0.6 is 39.0 Å². The van der Waals surface area contributed by atoms with Crippen molar-refractivity contribution >= 4 is 51.0 Å². The van der Waals surface area contributed by atoms with E-state index in [0.29, 0.717) is 13.2 Å². The summed E-state index contributed by atoms with van der Waals surface area (Å²) in [5, 5.41) is 1.88. The molecule has 0 N–H and O–H groups in total. The monoisotopic (exact) mass is 454 g/mol. The molecule has 0 aliphatic rings. The van der Waals surface area contributed by atoms with E-state index in [1.54, 1.807) is 21.0 Å². The Labute approximate surface area is 164 Å². The highest BCUT2D eigenvalue weighted by Gasteiger charge is 2.50. The smallest absolute Gasteiger partial charge is 0.334 e. The lowest BCUT2D eigenvalue weighted by Gasteiger charge is -2.28. The summed E-state index contributed by atoms with van der Waals surface area (Å²) >= 11 is 6.01. The van der Waals surface area contributed by atoms with E-state index in [1.807, 2.05) is 11.4 Å². The lowest BCUT2D eigenvalue weighted by atomic mass is 10.1. The Morgan fingerprint density at radius 2 is 1.80 bits per heavy atom. The van der Waals surface area contributed by atoms with Gasteiger partial charge >= 0.3 is 11.9 Å². The van der Waals surface area contributed by atoms with E-state index in [2.05, 4.69) is 15.9 Å². The van der Waals surface area contributed by atoms with Crippen molar-refractivity contribution in [1.29, 1.82) is 0 Å². The average Bonchev–Trinajstić information content (AvgIpc) is 2.98. The molecule has 1 aromatic rings. The Balaban J connectivity index is 3.05.